The molecule has 0 aromatic rings. The lowest BCUT2D eigenvalue weighted by molar-refractivity contribution is 0.531. The smallest absolute Gasteiger partial charge is 0.00369 e. The minimum absolute atomic E-state index is 0.811. The molecule has 0 aromatic carbocycles. The zero-order valence-electron chi connectivity index (χ0n) is 14.1. The summed E-state index contributed by atoms with van der Waals surface area (Å²) in [6.45, 7) is 5.37. The lowest BCUT2D eigenvalue weighted by Crippen LogP contribution is -2.19. The zero-order chi connectivity index (χ0) is 14.7. The maximum Gasteiger partial charge on any atom is -0.00369 e. The quantitative estimate of drug-likeness (QED) is 0.368. The molecule has 0 heterocycles. The summed E-state index contributed by atoms with van der Waals surface area (Å²) in [7, 11) is 0. The van der Waals surface area contributed by atoms with E-state index in [0.29, 0.717) is 0 Å². The van der Waals surface area contributed by atoms with Crippen LogP contribution in [0.1, 0.15) is 96.8 Å². The number of hydrogen-bond acceptors (Lipinski definition) is 2. The number of rotatable bonds is 17. The molecule has 3 N–H and O–H groups in total. The van der Waals surface area contributed by atoms with E-state index in [9.17, 15) is 0 Å². The summed E-state index contributed by atoms with van der Waals surface area (Å²) in [5.74, 6) is 0. The molecule has 0 saturated heterocycles. The van der Waals surface area contributed by atoms with E-state index in [1.54, 1.807) is 0 Å². The van der Waals surface area contributed by atoms with Gasteiger partial charge in [0.15, 0.2) is 0 Å². The van der Waals surface area contributed by atoms with Crippen molar-refractivity contribution in [2.75, 3.05) is 19.6 Å². The van der Waals surface area contributed by atoms with Gasteiger partial charge in [-0.2, -0.15) is 0 Å². The second-order valence-electron chi connectivity index (χ2n) is 6.13. The molecule has 0 aromatic heterocycles. The molecule has 0 aliphatic rings. The van der Waals surface area contributed by atoms with E-state index < -0.39 is 0 Å². The van der Waals surface area contributed by atoms with Gasteiger partial charge in [0.1, 0.15) is 0 Å². The summed E-state index contributed by atoms with van der Waals surface area (Å²) in [6, 6.07) is 0. The standard InChI is InChI=1S/C18H40N2/c1-2-3-4-5-6-7-8-9-10-11-12-13-14-17-20-18-15-16-19/h20H,2-19H2,1H3. The van der Waals surface area contributed by atoms with Crippen molar-refractivity contribution in [1.29, 1.82) is 0 Å². The third-order valence-corrected chi connectivity index (χ3v) is 4.01. The molecule has 0 fully saturated rings. The van der Waals surface area contributed by atoms with Gasteiger partial charge >= 0.3 is 0 Å². The molecule has 0 atom stereocenters. The highest BCUT2D eigenvalue weighted by Crippen LogP contribution is 2.12. The molecule has 0 radical (unpaired) electrons. The lowest BCUT2D eigenvalue weighted by Gasteiger charge is -2.04. The zero-order valence-corrected chi connectivity index (χ0v) is 14.1. The molecule has 20 heavy (non-hydrogen) atoms. The number of unbranched alkanes of at least 4 members (excludes halogenated alkanes) is 12. The maximum atomic E-state index is 5.45. The summed E-state index contributed by atoms with van der Waals surface area (Å²) in [6.07, 6.45) is 19.7. The highest BCUT2D eigenvalue weighted by Gasteiger charge is 1.93. The SMILES string of the molecule is CCCCCCCCCCCCCCCNCCCN. The van der Waals surface area contributed by atoms with E-state index in [-0.39, 0.29) is 0 Å². The average Bonchev–Trinajstić information content (AvgIpc) is 2.47. The maximum absolute atomic E-state index is 5.45. The van der Waals surface area contributed by atoms with Crippen LogP contribution in [-0.4, -0.2) is 19.6 Å². The molecule has 2 nitrogen and oxygen atoms in total. The van der Waals surface area contributed by atoms with Crippen molar-refractivity contribution in [2.45, 2.75) is 96.8 Å². The van der Waals surface area contributed by atoms with E-state index in [1.165, 1.54) is 90.0 Å². The molecule has 0 spiro atoms. The van der Waals surface area contributed by atoms with Gasteiger partial charge in [0.25, 0.3) is 0 Å². The van der Waals surface area contributed by atoms with Crippen molar-refractivity contribution in [3.05, 3.63) is 0 Å². The number of hydrogen-bond donors (Lipinski definition) is 2. The minimum Gasteiger partial charge on any atom is -0.330 e. The molecule has 0 rings (SSSR count). The Bertz CT molecular complexity index is 141. The van der Waals surface area contributed by atoms with Crippen LogP contribution in [-0.2, 0) is 0 Å². The first-order valence-electron chi connectivity index (χ1n) is 9.32. The molecule has 122 valence electrons. The topological polar surface area (TPSA) is 38.0 Å². The fraction of sp³-hybridized carbons (Fsp3) is 1.00. The second kappa shape index (κ2) is 18.9. The first-order chi connectivity index (χ1) is 9.91. The van der Waals surface area contributed by atoms with Crippen LogP contribution in [0.4, 0.5) is 0 Å². The predicted octanol–water partition coefficient (Wildman–Crippen LogP) is 5.02. The van der Waals surface area contributed by atoms with E-state index in [0.717, 1.165) is 19.5 Å². The van der Waals surface area contributed by atoms with Crippen molar-refractivity contribution >= 4 is 0 Å². The lowest BCUT2D eigenvalue weighted by atomic mass is 10.0. The largest absolute Gasteiger partial charge is 0.330 e. The summed E-state index contributed by atoms with van der Waals surface area (Å²) < 4.78 is 0. The van der Waals surface area contributed by atoms with Crippen molar-refractivity contribution in [1.82, 2.24) is 5.32 Å². The predicted molar refractivity (Wildman–Crippen MR) is 92.2 cm³/mol. The van der Waals surface area contributed by atoms with Gasteiger partial charge in [0.05, 0.1) is 0 Å². The van der Waals surface area contributed by atoms with Gasteiger partial charge in [0, 0.05) is 0 Å². The molecule has 0 bridgehead atoms. The van der Waals surface area contributed by atoms with Crippen molar-refractivity contribution in [3.63, 3.8) is 0 Å². The fourth-order valence-electron chi connectivity index (χ4n) is 2.62. The Kier molecular flexibility index (Phi) is 18.8. The highest BCUT2D eigenvalue weighted by molar-refractivity contribution is 4.51. The first-order valence-corrected chi connectivity index (χ1v) is 9.32. The van der Waals surface area contributed by atoms with Crippen molar-refractivity contribution in [2.24, 2.45) is 5.73 Å². The summed E-state index contributed by atoms with van der Waals surface area (Å²) in [4.78, 5) is 0. The van der Waals surface area contributed by atoms with Gasteiger partial charge in [-0.1, -0.05) is 84.0 Å². The van der Waals surface area contributed by atoms with Gasteiger partial charge in [0.2, 0.25) is 0 Å². The van der Waals surface area contributed by atoms with E-state index in [1.807, 2.05) is 0 Å². The molecule has 2 heteroatoms. The van der Waals surface area contributed by atoms with E-state index >= 15 is 0 Å². The van der Waals surface area contributed by atoms with Crippen LogP contribution in [0.2, 0.25) is 0 Å². The highest BCUT2D eigenvalue weighted by atomic mass is 14.8. The Morgan fingerprint density at radius 1 is 0.550 bits per heavy atom. The summed E-state index contributed by atoms with van der Waals surface area (Å²) in [5, 5.41) is 3.45. The van der Waals surface area contributed by atoms with Crippen LogP contribution in [0.3, 0.4) is 0 Å². The molecule has 0 aliphatic heterocycles. The van der Waals surface area contributed by atoms with Gasteiger partial charge in [-0.3, -0.25) is 0 Å². The average molecular weight is 285 g/mol. The van der Waals surface area contributed by atoms with E-state index in [4.69, 9.17) is 5.73 Å². The third kappa shape index (κ3) is 17.9. The van der Waals surface area contributed by atoms with Gasteiger partial charge in [-0.25, -0.2) is 0 Å². The Balaban J connectivity index is 2.89. The Hall–Kier alpha value is -0.0800. The van der Waals surface area contributed by atoms with Gasteiger partial charge in [-0.05, 0) is 32.5 Å². The van der Waals surface area contributed by atoms with Gasteiger partial charge < -0.3 is 11.1 Å². The van der Waals surface area contributed by atoms with Gasteiger partial charge in [-0.15, -0.1) is 0 Å². The molecular weight excluding hydrogens is 244 g/mol. The van der Waals surface area contributed by atoms with Crippen LogP contribution in [0.15, 0.2) is 0 Å². The minimum atomic E-state index is 0.811. The number of nitrogens with one attached hydrogen (secondary N) is 1. The monoisotopic (exact) mass is 284 g/mol. The molecule has 0 unspecified atom stereocenters. The fourth-order valence-corrected chi connectivity index (χ4v) is 2.62. The van der Waals surface area contributed by atoms with Crippen LogP contribution in [0, 0.1) is 0 Å². The summed E-state index contributed by atoms with van der Waals surface area (Å²) in [5.41, 5.74) is 5.45. The van der Waals surface area contributed by atoms with Crippen LogP contribution < -0.4 is 11.1 Å². The molecule has 0 saturated carbocycles. The normalized spacial score (nSPS) is 11.1. The van der Waals surface area contributed by atoms with Crippen LogP contribution in [0.5, 0.6) is 0 Å². The van der Waals surface area contributed by atoms with Crippen molar-refractivity contribution < 1.29 is 0 Å². The summed E-state index contributed by atoms with van der Waals surface area (Å²) >= 11 is 0. The van der Waals surface area contributed by atoms with E-state index in [2.05, 4.69) is 12.2 Å². The van der Waals surface area contributed by atoms with Crippen LogP contribution >= 0.6 is 0 Å². The second-order valence-corrected chi connectivity index (χ2v) is 6.13. The number of nitrogens with two attached hydrogens (primary N) is 1. The Morgan fingerprint density at radius 2 is 0.950 bits per heavy atom. The third-order valence-electron chi connectivity index (χ3n) is 4.01. The first kappa shape index (κ1) is 19.9. The Morgan fingerprint density at radius 3 is 1.40 bits per heavy atom. The molecule has 0 amide bonds. The van der Waals surface area contributed by atoms with Crippen LogP contribution in [0.25, 0.3) is 0 Å². The van der Waals surface area contributed by atoms with Crippen molar-refractivity contribution in [3.8, 4) is 0 Å². The Labute approximate surface area is 128 Å². The molecule has 0 aliphatic carbocycles. The molecular formula is C18H40N2.